The SMILES string of the molecule is Cc1ccc(C)c(C(=O)CCc2nc(C3(N)CCC3)no2)c1. The summed E-state index contributed by atoms with van der Waals surface area (Å²) in [7, 11) is 0. The Kier molecular flexibility index (Phi) is 3.83. The van der Waals surface area contributed by atoms with Crippen LogP contribution in [0, 0.1) is 13.8 Å². The molecule has 0 aliphatic heterocycles. The standard InChI is InChI=1S/C17H21N3O2/c1-11-4-5-12(2)13(10-11)14(21)6-7-15-19-16(20-22-15)17(18)8-3-9-17/h4-5,10H,3,6-9,18H2,1-2H3. The normalized spacial score (nSPS) is 16.3. The average molecular weight is 299 g/mol. The molecule has 3 rings (SSSR count). The van der Waals surface area contributed by atoms with Gasteiger partial charge in [-0.05, 0) is 44.7 Å². The fourth-order valence-corrected chi connectivity index (χ4v) is 2.73. The molecule has 1 aliphatic carbocycles. The number of hydrogen-bond donors (Lipinski definition) is 1. The number of nitrogens with zero attached hydrogens (tertiary/aromatic N) is 2. The van der Waals surface area contributed by atoms with E-state index in [-0.39, 0.29) is 5.78 Å². The summed E-state index contributed by atoms with van der Waals surface area (Å²) in [6.45, 7) is 3.94. The zero-order valence-electron chi connectivity index (χ0n) is 13.1. The third-order valence-corrected chi connectivity index (χ3v) is 4.42. The summed E-state index contributed by atoms with van der Waals surface area (Å²) in [5.41, 5.74) is 8.61. The molecule has 0 saturated heterocycles. The van der Waals surface area contributed by atoms with E-state index >= 15 is 0 Å². The first kappa shape index (κ1) is 14.9. The molecule has 1 heterocycles. The quantitative estimate of drug-likeness (QED) is 0.858. The molecule has 2 aromatic rings. The first-order valence-electron chi connectivity index (χ1n) is 7.70. The minimum absolute atomic E-state index is 0.104. The van der Waals surface area contributed by atoms with Crippen molar-refractivity contribution in [1.82, 2.24) is 10.1 Å². The number of carbonyl (C=O) groups excluding carboxylic acids is 1. The highest BCUT2D eigenvalue weighted by molar-refractivity contribution is 5.97. The van der Waals surface area contributed by atoms with E-state index in [4.69, 9.17) is 10.3 Å². The van der Waals surface area contributed by atoms with Gasteiger partial charge in [-0.3, -0.25) is 4.79 Å². The van der Waals surface area contributed by atoms with Crippen LogP contribution in [-0.2, 0) is 12.0 Å². The second-order valence-electron chi connectivity index (χ2n) is 6.26. The largest absolute Gasteiger partial charge is 0.339 e. The van der Waals surface area contributed by atoms with E-state index in [2.05, 4.69) is 10.1 Å². The summed E-state index contributed by atoms with van der Waals surface area (Å²) in [4.78, 5) is 16.7. The molecule has 22 heavy (non-hydrogen) atoms. The Labute approximate surface area is 129 Å². The zero-order chi connectivity index (χ0) is 15.7. The molecule has 0 bridgehead atoms. The lowest BCUT2D eigenvalue weighted by Crippen LogP contribution is -2.44. The van der Waals surface area contributed by atoms with E-state index in [9.17, 15) is 4.79 Å². The summed E-state index contributed by atoms with van der Waals surface area (Å²) < 4.78 is 5.23. The van der Waals surface area contributed by atoms with Crippen molar-refractivity contribution in [2.45, 2.75) is 51.5 Å². The summed E-state index contributed by atoms with van der Waals surface area (Å²) in [6, 6.07) is 5.91. The fraction of sp³-hybridized carbons (Fsp3) is 0.471. The van der Waals surface area contributed by atoms with Crippen LogP contribution in [0.25, 0.3) is 0 Å². The lowest BCUT2D eigenvalue weighted by atomic mass is 9.77. The maximum absolute atomic E-state index is 12.3. The Morgan fingerprint density at radius 1 is 1.36 bits per heavy atom. The van der Waals surface area contributed by atoms with Gasteiger partial charge in [0.25, 0.3) is 0 Å². The van der Waals surface area contributed by atoms with Crippen LogP contribution in [0.5, 0.6) is 0 Å². The molecule has 1 aliphatic rings. The second-order valence-corrected chi connectivity index (χ2v) is 6.26. The molecule has 0 radical (unpaired) electrons. The topological polar surface area (TPSA) is 82.0 Å². The van der Waals surface area contributed by atoms with Gasteiger partial charge in [0.05, 0.1) is 5.54 Å². The number of nitrogens with two attached hydrogens (primary N) is 1. The second kappa shape index (κ2) is 5.65. The molecule has 116 valence electrons. The molecule has 0 amide bonds. The number of Topliss-reactive ketones (excluding diaryl/α,β-unsaturated/α-hetero) is 1. The first-order chi connectivity index (χ1) is 10.5. The van der Waals surface area contributed by atoms with Crippen molar-refractivity contribution in [3.8, 4) is 0 Å². The fourth-order valence-electron chi connectivity index (χ4n) is 2.73. The van der Waals surface area contributed by atoms with E-state index < -0.39 is 5.54 Å². The van der Waals surface area contributed by atoms with E-state index in [0.717, 1.165) is 36.0 Å². The monoisotopic (exact) mass is 299 g/mol. The van der Waals surface area contributed by atoms with Crippen molar-refractivity contribution in [2.75, 3.05) is 0 Å². The van der Waals surface area contributed by atoms with Gasteiger partial charge in [-0.25, -0.2) is 0 Å². The lowest BCUT2D eigenvalue weighted by Gasteiger charge is -2.34. The van der Waals surface area contributed by atoms with Crippen LogP contribution >= 0.6 is 0 Å². The lowest BCUT2D eigenvalue weighted by molar-refractivity contribution is 0.0979. The summed E-state index contributed by atoms with van der Waals surface area (Å²) in [5.74, 6) is 1.17. The Balaban J connectivity index is 1.65. The maximum Gasteiger partial charge on any atom is 0.227 e. The van der Waals surface area contributed by atoms with Gasteiger partial charge in [0.15, 0.2) is 11.6 Å². The molecule has 1 saturated carbocycles. The smallest absolute Gasteiger partial charge is 0.227 e. The molecule has 2 N–H and O–H groups in total. The van der Waals surface area contributed by atoms with Gasteiger partial charge in [-0.15, -0.1) is 0 Å². The number of rotatable bonds is 5. The minimum atomic E-state index is -0.418. The number of aromatic nitrogens is 2. The molecular formula is C17H21N3O2. The Morgan fingerprint density at radius 2 is 2.14 bits per heavy atom. The summed E-state index contributed by atoms with van der Waals surface area (Å²) >= 11 is 0. The zero-order valence-corrected chi connectivity index (χ0v) is 13.1. The third-order valence-electron chi connectivity index (χ3n) is 4.42. The van der Waals surface area contributed by atoms with Gasteiger partial charge in [-0.2, -0.15) is 4.98 Å². The number of aryl methyl sites for hydroxylation is 3. The Bertz CT molecular complexity index is 702. The highest BCUT2D eigenvalue weighted by Gasteiger charge is 2.38. The molecule has 5 nitrogen and oxygen atoms in total. The Hall–Kier alpha value is -2.01. The van der Waals surface area contributed by atoms with Crippen molar-refractivity contribution >= 4 is 5.78 Å². The average Bonchev–Trinajstić information content (AvgIpc) is 2.94. The van der Waals surface area contributed by atoms with Gasteiger partial charge in [0, 0.05) is 18.4 Å². The molecule has 5 heteroatoms. The van der Waals surface area contributed by atoms with Crippen LogP contribution in [0.15, 0.2) is 22.7 Å². The van der Waals surface area contributed by atoms with Crippen LogP contribution in [0.2, 0.25) is 0 Å². The van der Waals surface area contributed by atoms with Gasteiger partial charge in [0.1, 0.15) is 0 Å². The summed E-state index contributed by atoms with van der Waals surface area (Å²) in [6.07, 6.45) is 3.71. The van der Waals surface area contributed by atoms with E-state index in [1.165, 1.54) is 0 Å². The van der Waals surface area contributed by atoms with Crippen LogP contribution < -0.4 is 5.73 Å². The van der Waals surface area contributed by atoms with Crippen LogP contribution in [0.1, 0.15) is 58.9 Å². The van der Waals surface area contributed by atoms with Gasteiger partial charge < -0.3 is 10.3 Å². The molecule has 0 unspecified atom stereocenters. The predicted octanol–water partition coefficient (Wildman–Crippen LogP) is 2.84. The number of carbonyl (C=O) groups is 1. The van der Waals surface area contributed by atoms with Gasteiger partial charge in [-0.1, -0.05) is 22.9 Å². The van der Waals surface area contributed by atoms with Crippen LogP contribution in [-0.4, -0.2) is 15.9 Å². The van der Waals surface area contributed by atoms with Gasteiger partial charge in [0.2, 0.25) is 5.89 Å². The van der Waals surface area contributed by atoms with Crippen molar-refractivity contribution in [3.63, 3.8) is 0 Å². The molecule has 1 aromatic carbocycles. The molecular weight excluding hydrogens is 278 g/mol. The van der Waals surface area contributed by atoms with E-state index in [1.54, 1.807) is 0 Å². The minimum Gasteiger partial charge on any atom is -0.339 e. The summed E-state index contributed by atoms with van der Waals surface area (Å²) in [5, 5.41) is 3.97. The molecule has 0 atom stereocenters. The third kappa shape index (κ3) is 2.81. The van der Waals surface area contributed by atoms with E-state index in [1.807, 2.05) is 32.0 Å². The number of hydrogen-bond acceptors (Lipinski definition) is 5. The van der Waals surface area contributed by atoms with Crippen molar-refractivity contribution < 1.29 is 9.32 Å². The van der Waals surface area contributed by atoms with Crippen LogP contribution in [0.4, 0.5) is 0 Å². The first-order valence-corrected chi connectivity index (χ1v) is 7.70. The van der Waals surface area contributed by atoms with Crippen molar-refractivity contribution in [1.29, 1.82) is 0 Å². The van der Waals surface area contributed by atoms with Crippen molar-refractivity contribution in [2.24, 2.45) is 5.73 Å². The highest BCUT2D eigenvalue weighted by atomic mass is 16.5. The van der Waals surface area contributed by atoms with Gasteiger partial charge >= 0.3 is 0 Å². The number of ketones is 1. The number of benzene rings is 1. The van der Waals surface area contributed by atoms with Crippen LogP contribution in [0.3, 0.4) is 0 Å². The Morgan fingerprint density at radius 3 is 2.82 bits per heavy atom. The maximum atomic E-state index is 12.3. The van der Waals surface area contributed by atoms with E-state index in [0.29, 0.717) is 24.6 Å². The molecule has 1 aromatic heterocycles. The molecule has 1 fully saturated rings. The van der Waals surface area contributed by atoms with Crippen molar-refractivity contribution in [3.05, 3.63) is 46.6 Å². The predicted molar refractivity (Wildman–Crippen MR) is 82.6 cm³/mol. The highest BCUT2D eigenvalue weighted by Crippen LogP contribution is 2.36. The molecule has 0 spiro atoms.